The monoisotopic (exact) mass is 401 g/mol. The number of ketones is 1. The third-order valence-corrected chi connectivity index (χ3v) is 6.10. The van der Waals surface area contributed by atoms with Crippen LogP contribution in [0.2, 0.25) is 0 Å². The van der Waals surface area contributed by atoms with Gasteiger partial charge in [-0.25, -0.2) is 14.4 Å². The molecule has 1 aliphatic rings. The lowest BCUT2D eigenvalue weighted by Crippen LogP contribution is -2.12. The molecule has 4 aromatic rings. The Morgan fingerprint density at radius 3 is 2.76 bits per heavy atom. The lowest BCUT2D eigenvalue weighted by atomic mass is 9.94. The molecule has 1 aromatic carbocycles. The summed E-state index contributed by atoms with van der Waals surface area (Å²) in [5.41, 5.74) is 4.32. The van der Waals surface area contributed by atoms with E-state index >= 15 is 0 Å². The molecule has 0 bridgehead atoms. The third kappa shape index (κ3) is 3.25. The molecule has 0 N–H and O–H groups in total. The third-order valence-electron chi connectivity index (χ3n) is 5.05. The number of hydrogen-bond donors (Lipinski definition) is 0. The fraction of sp³-hybridized carbons (Fsp3) is 0.130. The Morgan fingerprint density at radius 2 is 1.90 bits per heavy atom. The second-order valence-corrected chi connectivity index (χ2v) is 7.93. The van der Waals surface area contributed by atoms with Crippen molar-refractivity contribution in [3.63, 3.8) is 0 Å². The Bertz CT molecular complexity index is 1220. The summed E-state index contributed by atoms with van der Waals surface area (Å²) in [6, 6.07) is 12.4. The number of fused-ring (bicyclic) bond motifs is 1. The van der Waals surface area contributed by atoms with E-state index in [-0.39, 0.29) is 11.6 Å². The Morgan fingerprint density at radius 1 is 0.966 bits per heavy atom. The number of Topliss-reactive ketones (excluding diaryl/α,β-unsaturated/α-hetero) is 1. The number of nitrogens with zero attached hydrogens (tertiary/aromatic N) is 3. The van der Waals surface area contributed by atoms with Crippen LogP contribution in [0.25, 0.3) is 32.3 Å². The molecule has 0 spiro atoms. The fourth-order valence-corrected chi connectivity index (χ4v) is 4.58. The van der Waals surface area contributed by atoms with E-state index in [1.807, 2.05) is 24.3 Å². The van der Waals surface area contributed by atoms with Gasteiger partial charge in [0.2, 0.25) is 0 Å². The van der Waals surface area contributed by atoms with Crippen molar-refractivity contribution in [3.8, 4) is 32.3 Å². The number of benzene rings is 1. The van der Waals surface area contributed by atoms with Crippen molar-refractivity contribution >= 4 is 17.1 Å². The second-order valence-electron chi connectivity index (χ2n) is 6.90. The zero-order chi connectivity index (χ0) is 19.8. The Hall–Kier alpha value is -3.25. The minimum absolute atomic E-state index is 0.158. The number of rotatable bonds is 3. The van der Waals surface area contributed by atoms with Gasteiger partial charge in [0, 0.05) is 47.3 Å². The molecule has 6 heteroatoms. The van der Waals surface area contributed by atoms with Crippen molar-refractivity contribution in [2.24, 2.45) is 0 Å². The first-order valence-corrected chi connectivity index (χ1v) is 10.2. The molecule has 0 aliphatic heterocycles. The van der Waals surface area contributed by atoms with Gasteiger partial charge in [-0.3, -0.25) is 9.78 Å². The minimum Gasteiger partial charge on any atom is -0.294 e. The van der Waals surface area contributed by atoms with Crippen molar-refractivity contribution in [2.45, 2.75) is 19.3 Å². The highest BCUT2D eigenvalue weighted by atomic mass is 32.1. The summed E-state index contributed by atoms with van der Waals surface area (Å²) in [5.74, 6) is -0.137. The Labute approximate surface area is 171 Å². The van der Waals surface area contributed by atoms with E-state index in [9.17, 15) is 9.18 Å². The smallest absolute Gasteiger partial charge is 0.164 e. The largest absolute Gasteiger partial charge is 0.294 e. The summed E-state index contributed by atoms with van der Waals surface area (Å²) < 4.78 is 14.7. The van der Waals surface area contributed by atoms with Gasteiger partial charge >= 0.3 is 0 Å². The van der Waals surface area contributed by atoms with Crippen LogP contribution in [0.1, 0.15) is 28.9 Å². The first-order valence-electron chi connectivity index (χ1n) is 9.39. The summed E-state index contributed by atoms with van der Waals surface area (Å²) >= 11 is 1.46. The van der Waals surface area contributed by atoms with Crippen molar-refractivity contribution in [1.29, 1.82) is 0 Å². The number of aromatic nitrogens is 3. The lowest BCUT2D eigenvalue weighted by molar-refractivity contribution is 0.0971. The topological polar surface area (TPSA) is 55.7 Å². The van der Waals surface area contributed by atoms with Crippen molar-refractivity contribution in [2.75, 3.05) is 0 Å². The van der Waals surface area contributed by atoms with Gasteiger partial charge < -0.3 is 0 Å². The molecule has 0 unspecified atom stereocenters. The Kier molecular flexibility index (Phi) is 4.48. The van der Waals surface area contributed by atoms with E-state index in [1.165, 1.54) is 17.4 Å². The summed E-state index contributed by atoms with van der Waals surface area (Å²) in [6.07, 6.45) is 7.31. The number of carbonyl (C=O) groups is 1. The molecule has 5 rings (SSSR count). The van der Waals surface area contributed by atoms with E-state index in [4.69, 9.17) is 0 Å². The highest BCUT2D eigenvalue weighted by Gasteiger charge is 2.20. The predicted octanol–water partition coefficient (Wildman–Crippen LogP) is 5.59. The zero-order valence-electron chi connectivity index (χ0n) is 15.4. The van der Waals surface area contributed by atoms with Gasteiger partial charge in [-0.15, -0.1) is 11.3 Å². The first kappa shape index (κ1) is 17.8. The van der Waals surface area contributed by atoms with Crippen LogP contribution in [-0.2, 0) is 6.42 Å². The van der Waals surface area contributed by atoms with Crippen LogP contribution >= 0.6 is 11.3 Å². The van der Waals surface area contributed by atoms with Gasteiger partial charge in [0.1, 0.15) is 10.8 Å². The molecule has 0 amide bonds. The number of thiazole rings is 1. The maximum absolute atomic E-state index is 14.7. The van der Waals surface area contributed by atoms with E-state index in [1.54, 1.807) is 30.7 Å². The average molecular weight is 401 g/mol. The molecule has 0 atom stereocenters. The summed E-state index contributed by atoms with van der Waals surface area (Å²) in [6.45, 7) is 0. The van der Waals surface area contributed by atoms with Gasteiger partial charge in [-0.2, -0.15) is 0 Å². The SMILES string of the molecule is O=C1CCCc2nc(-c3ncc(-c4cccc(F)c4-c4cccnc4)s3)ccc21. The lowest BCUT2D eigenvalue weighted by Gasteiger charge is -2.13. The molecule has 3 heterocycles. The molecular weight excluding hydrogens is 385 g/mol. The summed E-state index contributed by atoms with van der Waals surface area (Å²) in [5, 5.41) is 0.752. The van der Waals surface area contributed by atoms with Crippen molar-refractivity contribution in [3.05, 3.63) is 78.1 Å². The summed E-state index contributed by atoms with van der Waals surface area (Å²) in [7, 11) is 0. The zero-order valence-corrected chi connectivity index (χ0v) is 16.2. The number of aryl methyl sites for hydroxylation is 1. The molecule has 3 aromatic heterocycles. The molecule has 4 nitrogen and oxygen atoms in total. The van der Waals surface area contributed by atoms with Gasteiger partial charge in [-0.1, -0.05) is 18.2 Å². The quantitative estimate of drug-likeness (QED) is 0.449. The van der Waals surface area contributed by atoms with Crippen molar-refractivity contribution in [1.82, 2.24) is 15.0 Å². The van der Waals surface area contributed by atoms with Crippen LogP contribution < -0.4 is 0 Å². The van der Waals surface area contributed by atoms with E-state index in [2.05, 4.69) is 15.0 Å². The molecular formula is C23H16FN3OS. The maximum Gasteiger partial charge on any atom is 0.164 e. The average Bonchev–Trinajstić information content (AvgIpc) is 3.24. The Balaban J connectivity index is 1.57. The highest BCUT2D eigenvalue weighted by Crippen LogP contribution is 2.38. The van der Waals surface area contributed by atoms with Crippen LogP contribution in [0.4, 0.5) is 4.39 Å². The first-order chi connectivity index (χ1) is 14.2. The molecule has 29 heavy (non-hydrogen) atoms. The van der Waals surface area contributed by atoms with Gasteiger partial charge in [0.05, 0.1) is 16.3 Å². The van der Waals surface area contributed by atoms with Crippen LogP contribution in [0, 0.1) is 5.82 Å². The van der Waals surface area contributed by atoms with Crippen molar-refractivity contribution < 1.29 is 9.18 Å². The molecule has 1 aliphatic carbocycles. The standard InChI is InChI=1S/C23H16FN3OS/c24-17-6-1-5-16(22(17)14-4-3-11-25-12-14)21-13-26-23(29-21)19-10-9-15-18(27-19)7-2-8-20(15)28/h1,3-6,9-13H,2,7-8H2. The second kappa shape index (κ2) is 7.29. The molecule has 0 fully saturated rings. The van der Waals surface area contributed by atoms with Crippen LogP contribution in [0.3, 0.4) is 0 Å². The maximum atomic E-state index is 14.7. The van der Waals surface area contributed by atoms with E-state index < -0.39 is 0 Å². The number of pyridine rings is 2. The van der Waals surface area contributed by atoms with Crippen LogP contribution in [-0.4, -0.2) is 20.7 Å². The van der Waals surface area contributed by atoms with Crippen LogP contribution in [0.5, 0.6) is 0 Å². The molecule has 0 saturated carbocycles. The van der Waals surface area contributed by atoms with Crippen LogP contribution in [0.15, 0.2) is 61.1 Å². The highest BCUT2D eigenvalue weighted by molar-refractivity contribution is 7.18. The number of halogens is 1. The van der Waals surface area contributed by atoms with Gasteiger partial charge in [-0.05, 0) is 37.1 Å². The molecule has 0 radical (unpaired) electrons. The summed E-state index contributed by atoms with van der Waals surface area (Å²) in [4.78, 5) is 26.2. The van der Waals surface area contributed by atoms with E-state index in [0.29, 0.717) is 12.0 Å². The fourth-order valence-electron chi connectivity index (χ4n) is 3.67. The number of carbonyl (C=O) groups excluding carboxylic acids is 1. The predicted molar refractivity (Wildman–Crippen MR) is 111 cm³/mol. The molecule has 0 saturated heterocycles. The number of hydrogen-bond acceptors (Lipinski definition) is 5. The molecule has 142 valence electrons. The van der Waals surface area contributed by atoms with Gasteiger partial charge in [0.15, 0.2) is 5.78 Å². The minimum atomic E-state index is -0.295. The van der Waals surface area contributed by atoms with E-state index in [0.717, 1.165) is 50.8 Å². The van der Waals surface area contributed by atoms with Gasteiger partial charge in [0.25, 0.3) is 0 Å². The normalized spacial score (nSPS) is 13.3.